The molecule has 0 amide bonds. The predicted molar refractivity (Wildman–Crippen MR) is 43.0 cm³/mol. The summed E-state index contributed by atoms with van der Waals surface area (Å²) < 4.78 is 1.58. The van der Waals surface area contributed by atoms with Crippen molar-refractivity contribution in [1.29, 1.82) is 0 Å². The second-order valence-electron chi connectivity index (χ2n) is 2.91. The molecule has 1 fully saturated rings. The standard InChI is InChI=1S/C6H12NO3P/c1-3-4(8)2-7(11)5(3)6(9)10/h3-5,8H,2,11H2,1H3,(H,9,10)/t3-,4-,5?/m0/s1. The van der Waals surface area contributed by atoms with Gasteiger partial charge in [-0.3, -0.25) is 9.46 Å². The van der Waals surface area contributed by atoms with Crippen molar-refractivity contribution < 1.29 is 15.0 Å². The van der Waals surface area contributed by atoms with Gasteiger partial charge in [0.1, 0.15) is 6.04 Å². The molecule has 2 unspecified atom stereocenters. The van der Waals surface area contributed by atoms with Crippen molar-refractivity contribution in [3.8, 4) is 0 Å². The van der Waals surface area contributed by atoms with Gasteiger partial charge in [-0.25, -0.2) is 0 Å². The number of β-amino-alcohol motifs (C(OH)–C–C–N with tert-alkyl or cyclic N) is 1. The molecule has 0 spiro atoms. The third-order valence-electron chi connectivity index (χ3n) is 2.11. The van der Waals surface area contributed by atoms with Crippen LogP contribution < -0.4 is 0 Å². The SMILES string of the molecule is C[C@@H]1C(C(=O)O)N(P)C[C@@H]1O. The van der Waals surface area contributed by atoms with Crippen LogP contribution in [0.5, 0.6) is 0 Å². The number of aliphatic carboxylic acids is 1. The van der Waals surface area contributed by atoms with Crippen LogP contribution in [0.2, 0.25) is 0 Å². The lowest BCUT2D eigenvalue weighted by molar-refractivity contribution is -0.141. The number of carboxylic acids is 1. The highest BCUT2D eigenvalue weighted by atomic mass is 31.0. The van der Waals surface area contributed by atoms with E-state index in [1.54, 1.807) is 11.6 Å². The maximum absolute atomic E-state index is 10.6. The van der Waals surface area contributed by atoms with E-state index in [4.69, 9.17) is 5.11 Å². The van der Waals surface area contributed by atoms with E-state index in [0.717, 1.165) is 0 Å². The summed E-state index contributed by atoms with van der Waals surface area (Å²) in [7, 11) is 2.32. The second-order valence-corrected chi connectivity index (χ2v) is 3.57. The van der Waals surface area contributed by atoms with Gasteiger partial charge >= 0.3 is 5.97 Å². The summed E-state index contributed by atoms with van der Waals surface area (Å²) >= 11 is 0. The Morgan fingerprint density at radius 3 is 2.45 bits per heavy atom. The highest BCUT2D eigenvalue weighted by molar-refractivity contribution is 7.13. The molecule has 1 saturated heterocycles. The second kappa shape index (κ2) is 3.05. The van der Waals surface area contributed by atoms with Crippen LogP contribution in [0.4, 0.5) is 0 Å². The lowest BCUT2D eigenvalue weighted by Crippen LogP contribution is -2.33. The molecule has 1 rings (SSSR count). The zero-order valence-electron chi connectivity index (χ0n) is 6.27. The molecular formula is C6H12NO3P. The van der Waals surface area contributed by atoms with E-state index >= 15 is 0 Å². The van der Waals surface area contributed by atoms with E-state index in [0.29, 0.717) is 6.54 Å². The average molecular weight is 177 g/mol. The number of aliphatic hydroxyl groups excluding tert-OH is 1. The quantitative estimate of drug-likeness (QED) is 0.532. The summed E-state index contributed by atoms with van der Waals surface area (Å²) in [5.74, 6) is -1.06. The Bertz CT molecular complexity index is 175. The predicted octanol–water partition coefficient (Wildman–Crippen LogP) is -0.458. The van der Waals surface area contributed by atoms with E-state index in [-0.39, 0.29) is 5.92 Å². The molecule has 0 saturated carbocycles. The maximum Gasteiger partial charge on any atom is 0.321 e. The molecule has 1 aliphatic heterocycles. The largest absolute Gasteiger partial charge is 0.480 e. The van der Waals surface area contributed by atoms with Gasteiger partial charge in [0.15, 0.2) is 0 Å². The Morgan fingerprint density at radius 2 is 2.27 bits per heavy atom. The van der Waals surface area contributed by atoms with Gasteiger partial charge in [0.25, 0.3) is 0 Å². The molecule has 64 valence electrons. The number of carbonyl (C=O) groups is 1. The molecule has 0 aromatic heterocycles. The fraction of sp³-hybridized carbons (Fsp3) is 0.833. The van der Waals surface area contributed by atoms with Gasteiger partial charge in [-0.1, -0.05) is 16.3 Å². The first-order chi connectivity index (χ1) is 5.04. The number of hydrogen-bond acceptors (Lipinski definition) is 3. The molecule has 5 heteroatoms. The molecule has 4 nitrogen and oxygen atoms in total. The maximum atomic E-state index is 10.6. The van der Waals surface area contributed by atoms with Crippen LogP contribution in [-0.4, -0.2) is 39.5 Å². The van der Waals surface area contributed by atoms with Gasteiger partial charge in [0.05, 0.1) is 6.10 Å². The van der Waals surface area contributed by atoms with Crippen molar-refractivity contribution in [2.75, 3.05) is 6.54 Å². The minimum absolute atomic E-state index is 0.190. The molecule has 0 bridgehead atoms. The molecule has 2 N–H and O–H groups in total. The normalized spacial score (nSPS) is 39.4. The molecule has 1 heterocycles. The number of aliphatic hydroxyl groups is 1. The topological polar surface area (TPSA) is 60.8 Å². The van der Waals surface area contributed by atoms with Crippen molar-refractivity contribution >= 4 is 15.4 Å². The van der Waals surface area contributed by atoms with Crippen LogP contribution in [0.15, 0.2) is 0 Å². The summed E-state index contributed by atoms with van der Waals surface area (Å²) in [6, 6.07) is -0.560. The third-order valence-corrected chi connectivity index (χ3v) is 2.65. The highest BCUT2D eigenvalue weighted by Crippen LogP contribution is 2.27. The van der Waals surface area contributed by atoms with Gasteiger partial charge in [-0.2, -0.15) is 0 Å². The molecule has 0 aromatic rings. The Labute approximate surface area is 67.5 Å². The summed E-state index contributed by atoms with van der Waals surface area (Å²) in [6.07, 6.45) is -0.520. The monoisotopic (exact) mass is 177 g/mol. The minimum atomic E-state index is -0.871. The van der Waals surface area contributed by atoms with Crippen molar-refractivity contribution in [1.82, 2.24) is 4.67 Å². The molecule has 4 atom stereocenters. The van der Waals surface area contributed by atoms with Crippen molar-refractivity contribution in [3.05, 3.63) is 0 Å². The van der Waals surface area contributed by atoms with Crippen molar-refractivity contribution in [3.63, 3.8) is 0 Å². The van der Waals surface area contributed by atoms with E-state index in [1.165, 1.54) is 0 Å². The smallest absolute Gasteiger partial charge is 0.321 e. The van der Waals surface area contributed by atoms with Gasteiger partial charge in [0.2, 0.25) is 0 Å². The van der Waals surface area contributed by atoms with E-state index in [2.05, 4.69) is 9.39 Å². The molecule has 0 aromatic carbocycles. The van der Waals surface area contributed by atoms with Crippen LogP contribution in [0.3, 0.4) is 0 Å². The van der Waals surface area contributed by atoms with Crippen LogP contribution in [0.1, 0.15) is 6.92 Å². The third kappa shape index (κ3) is 1.53. The number of carboxylic acid groups (broad SMARTS) is 1. The first-order valence-corrected chi connectivity index (χ1v) is 3.98. The molecular weight excluding hydrogens is 165 g/mol. The number of rotatable bonds is 1. The van der Waals surface area contributed by atoms with E-state index in [9.17, 15) is 9.90 Å². The van der Waals surface area contributed by atoms with E-state index < -0.39 is 18.1 Å². The molecule has 0 radical (unpaired) electrons. The minimum Gasteiger partial charge on any atom is -0.480 e. The van der Waals surface area contributed by atoms with Crippen LogP contribution in [0.25, 0.3) is 0 Å². The van der Waals surface area contributed by atoms with Gasteiger partial charge in [-0.05, 0) is 0 Å². The summed E-state index contributed by atoms with van der Waals surface area (Å²) in [5.41, 5.74) is 0. The summed E-state index contributed by atoms with van der Waals surface area (Å²) in [6.45, 7) is 2.16. The summed E-state index contributed by atoms with van der Waals surface area (Å²) in [4.78, 5) is 10.6. The Balaban J connectivity index is 2.71. The van der Waals surface area contributed by atoms with Gasteiger partial charge in [0, 0.05) is 12.5 Å². The molecule has 0 aliphatic carbocycles. The van der Waals surface area contributed by atoms with Crippen LogP contribution >= 0.6 is 9.39 Å². The van der Waals surface area contributed by atoms with Crippen molar-refractivity contribution in [2.24, 2.45) is 5.92 Å². The first kappa shape index (κ1) is 8.91. The first-order valence-electron chi connectivity index (χ1n) is 3.46. The van der Waals surface area contributed by atoms with Crippen LogP contribution in [0, 0.1) is 5.92 Å². The number of hydrogen-bond donors (Lipinski definition) is 2. The Morgan fingerprint density at radius 1 is 1.73 bits per heavy atom. The fourth-order valence-corrected chi connectivity index (χ4v) is 1.99. The highest BCUT2D eigenvalue weighted by Gasteiger charge is 2.40. The van der Waals surface area contributed by atoms with Gasteiger partial charge < -0.3 is 10.2 Å². The van der Waals surface area contributed by atoms with Gasteiger partial charge in [-0.15, -0.1) is 0 Å². The van der Waals surface area contributed by atoms with Crippen LogP contribution in [-0.2, 0) is 4.79 Å². The Hall–Kier alpha value is -0.180. The number of nitrogens with zero attached hydrogens (tertiary/aromatic N) is 1. The fourth-order valence-electron chi connectivity index (χ4n) is 1.38. The lowest BCUT2D eigenvalue weighted by atomic mass is 10.0. The lowest BCUT2D eigenvalue weighted by Gasteiger charge is -2.16. The summed E-state index contributed by atoms with van der Waals surface area (Å²) in [5, 5.41) is 18.0. The zero-order chi connectivity index (χ0) is 8.59. The van der Waals surface area contributed by atoms with Crippen molar-refractivity contribution in [2.45, 2.75) is 19.1 Å². The van der Waals surface area contributed by atoms with E-state index in [1.807, 2.05) is 0 Å². The zero-order valence-corrected chi connectivity index (χ0v) is 7.42. The Kier molecular flexibility index (Phi) is 2.47. The molecule has 1 aliphatic rings. The molecule has 11 heavy (non-hydrogen) atoms. The average Bonchev–Trinajstić information content (AvgIpc) is 2.07.